The molecule has 7 nitrogen and oxygen atoms in total. The summed E-state index contributed by atoms with van der Waals surface area (Å²) in [5, 5.41) is 16.0. The van der Waals surface area contributed by atoms with Gasteiger partial charge in [-0.15, -0.1) is 5.10 Å². The fourth-order valence-electron chi connectivity index (χ4n) is 1.63. The Morgan fingerprint density at radius 2 is 2.22 bits per heavy atom. The van der Waals surface area contributed by atoms with Crippen LogP contribution in [0.2, 0.25) is 0 Å². The van der Waals surface area contributed by atoms with Crippen LogP contribution in [0.3, 0.4) is 0 Å². The highest BCUT2D eigenvalue weighted by molar-refractivity contribution is 5.90. The van der Waals surface area contributed by atoms with Gasteiger partial charge >= 0.3 is 0 Å². The second-order valence-corrected chi connectivity index (χ2v) is 4.12. The molecule has 0 aliphatic rings. The first-order valence-electron chi connectivity index (χ1n) is 5.83. The van der Waals surface area contributed by atoms with E-state index < -0.39 is 0 Å². The van der Waals surface area contributed by atoms with Crippen molar-refractivity contribution in [2.45, 2.75) is 26.7 Å². The molecule has 7 heteroatoms. The van der Waals surface area contributed by atoms with Gasteiger partial charge in [0.05, 0.1) is 6.20 Å². The van der Waals surface area contributed by atoms with Crippen molar-refractivity contribution in [3.8, 4) is 0 Å². The molecule has 0 bridgehead atoms. The molecule has 2 aromatic heterocycles. The molecule has 0 aromatic carbocycles. The van der Waals surface area contributed by atoms with Crippen LogP contribution in [-0.2, 0) is 6.42 Å². The van der Waals surface area contributed by atoms with E-state index in [1.165, 1.54) is 5.56 Å². The zero-order chi connectivity index (χ0) is 13.0. The fourth-order valence-corrected chi connectivity index (χ4v) is 1.63. The summed E-state index contributed by atoms with van der Waals surface area (Å²) in [6, 6.07) is 0. The van der Waals surface area contributed by atoms with E-state index in [-0.39, 0.29) is 11.7 Å². The molecule has 0 atom stereocenters. The number of nitrogens with one attached hydrogen (secondary N) is 3. The maximum absolute atomic E-state index is 11.6. The minimum atomic E-state index is -0.247. The molecule has 2 aromatic rings. The summed E-state index contributed by atoms with van der Waals surface area (Å²) in [6.07, 6.45) is 3.56. The van der Waals surface area contributed by atoms with Gasteiger partial charge in [-0.1, -0.05) is 0 Å². The van der Waals surface area contributed by atoms with Gasteiger partial charge in [-0.05, 0) is 32.3 Å². The minimum absolute atomic E-state index is 0.187. The molecule has 0 aliphatic carbocycles. The summed E-state index contributed by atoms with van der Waals surface area (Å²) < 4.78 is 0. The summed E-state index contributed by atoms with van der Waals surface area (Å²) in [4.78, 5) is 15.6. The van der Waals surface area contributed by atoms with Gasteiger partial charge in [0.15, 0.2) is 0 Å². The quantitative estimate of drug-likeness (QED) is 0.671. The lowest BCUT2D eigenvalue weighted by atomic mass is 10.1. The van der Waals surface area contributed by atoms with Crippen LogP contribution in [0.4, 0.5) is 0 Å². The van der Waals surface area contributed by atoms with Gasteiger partial charge in [0.25, 0.3) is 5.91 Å². The van der Waals surface area contributed by atoms with Gasteiger partial charge in [-0.3, -0.25) is 15.0 Å². The Balaban J connectivity index is 1.73. The summed E-state index contributed by atoms with van der Waals surface area (Å²) in [6.45, 7) is 4.33. The second-order valence-electron chi connectivity index (χ2n) is 4.12. The summed E-state index contributed by atoms with van der Waals surface area (Å²) in [7, 11) is 0. The van der Waals surface area contributed by atoms with Crippen molar-refractivity contribution in [1.29, 1.82) is 0 Å². The van der Waals surface area contributed by atoms with Crippen LogP contribution >= 0.6 is 0 Å². The maximum atomic E-state index is 11.6. The molecule has 96 valence electrons. The molecule has 0 spiro atoms. The third kappa shape index (κ3) is 2.93. The van der Waals surface area contributed by atoms with Gasteiger partial charge in [-0.2, -0.15) is 5.10 Å². The number of H-pyrrole nitrogens is 2. The maximum Gasteiger partial charge on any atom is 0.290 e. The zero-order valence-electron chi connectivity index (χ0n) is 10.4. The molecule has 2 rings (SSSR count). The first-order valence-corrected chi connectivity index (χ1v) is 5.83. The number of rotatable bonds is 5. The number of amides is 1. The molecular weight excluding hydrogens is 232 g/mol. The normalized spacial score (nSPS) is 10.6. The molecule has 0 fully saturated rings. The molecular formula is C11H16N6O. The first kappa shape index (κ1) is 12.3. The number of aromatic amines is 2. The van der Waals surface area contributed by atoms with Crippen molar-refractivity contribution < 1.29 is 4.79 Å². The van der Waals surface area contributed by atoms with Gasteiger partial charge in [0.2, 0.25) is 5.82 Å². The smallest absolute Gasteiger partial charge is 0.290 e. The lowest BCUT2D eigenvalue weighted by Crippen LogP contribution is -2.25. The summed E-state index contributed by atoms with van der Waals surface area (Å²) in [5.74, 6) is 0.574. The largest absolute Gasteiger partial charge is 0.349 e. The first-order chi connectivity index (χ1) is 8.66. The number of nitrogens with zero attached hydrogens (tertiary/aromatic N) is 3. The Kier molecular flexibility index (Phi) is 3.71. The Hall–Kier alpha value is -2.18. The predicted molar refractivity (Wildman–Crippen MR) is 65.1 cm³/mol. The fraction of sp³-hybridized carbons (Fsp3) is 0.455. The van der Waals surface area contributed by atoms with Gasteiger partial charge in [-0.25, -0.2) is 4.98 Å². The van der Waals surface area contributed by atoms with Gasteiger partial charge in [0.1, 0.15) is 5.82 Å². The predicted octanol–water partition coefficient (Wildman–Crippen LogP) is 0.507. The number of carbonyl (C=O) groups excluding carboxylic acids is 1. The molecule has 18 heavy (non-hydrogen) atoms. The number of aryl methyl sites for hydroxylation is 3. The Labute approximate surface area is 104 Å². The Morgan fingerprint density at radius 1 is 1.39 bits per heavy atom. The number of carbonyl (C=O) groups is 1. The number of hydrogen-bond donors (Lipinski definition) is 3. The molecule has 0 radical (unpaired) electrons. The van der Waals surface area contributed by atoms with Crippen molar-refractivity contribution in [3.05, 3.63) is 29.1 Å². The highest BCUT2D eigenvalue weighted by Gasteiger charge is 2.10. The topological polar surface area (TPSA) is 99.3 Å². The van der Waals surface area contributed by atoms with Crippen LogP contribution in [0, 0.1) is 13.8 Å². The molecule has 0 aliphatic heterocycles. The third-order valence-corrected chi connectivity index (χ3v) is 2.64. The standard InChI is InChI=1S/C11H16N6O/c1-7-9(6-13-15-7)4-3-5-12-11(18)10-14-8(2)16-17-10/h6H,3-5H2,1-2H3,(H,12,18)(H,13,15)(H,14,16,17). The Morgan fingerprint density at radius 3 is 2.83 bits per heavy atom. The molecule has 2 heterocycles. The van der Waals surface area contributed by atoms with Crippen LogP contribution < -0.4 is 5.32 Å². The minimum Gasteiger partial charge on any atom is -0.349 e. The highest BCUT2D eigenvalue weighted by atomic mass is 16.2. The number of hydrogen-bond acceptors (Lipinski definition) is 4. The van der Waals surface area contributed by atoms with E-state index in [1.807, 2.05) is 13.1 Å². The van der Waals surface area contributed by atoms with Crippen molar-refractivity contribution in [1.82, 2.24) is 30.7 Å². The van der Waals surface area contributed by atoms with Crippen molar-refractivity contribution >= 4 is 5.91 Å². The average Bonchev–Trinajstić information content (AvgIpc) is 2.94. The molecule has 0 saturated carbocycles. The van der Waals surface area contributed by atoms with E-state index >= 15 is 0 Å². The van der Waals surface area contributed by atoms with Crippen molar-refractivity contribution in [2.75, 3.05) is 6.54 Å². The molecule has 0 saturated heterocycles. The highest BCUT2D eigenvalue weighted by Crippen LogP contribution is 2.05. The van der Waals surface area contributed by atoms with Crippen molar-refractivity contribution in [3.63, 3.8) is 0 Å². The molecule has 1 amide bonds. The third-order valence-electron chi connectivity index (χ3n) is 2.64. The molecule has 0 unspecified atom stereocenters. The van der Waals surface area contributed by atoms with Crippen LogP contribution in [0.5, 0.6) is 0 Å². The van der Waals surface area contributed by atoms with Crippen LogP contribution in [-0.4, -0.2) is 37.8 Å². The van der Waals surface area contributed by atoms with E-state index in [2.05, 4.69) is 30.7 Å². The molecule has 3 N–H and O–H groups in total. The Bertz CT molecular complexity index is 529. The van der Waals surface area contributed by atoms with Crippen LogP contribution in [0.25, 0.3) is 0 Å². The van der Waals surface area contributed by atoms with E-state index in [9.17, 15) is 4.79 Å². The second kappa shape index (κ2) is 5.44. The van der Waals surface area contributed by atoms with E-state index in [4.69, 9.17) is 0 Å². The van der Waals surface area contributed by atoms with E-state index in [0.29, 0.717) is 12.4 Å². The van der Waals surface area contributed by atoms with Crippen LogP contribution in [0.15, 0.2) is 6.20 Å². The van der Waals surface area contributed by atoms with E-state index in [0.717, 1.165) is 18.5 Å². The van der Waals surface area contributed by atoms with Crippen molar-refractivity contribution in [2.24, 2.45) is 0 Å². The van der Waals surface area contributed by atoms with Gasteiger partial charge < -0.3 is 5.32 Å². The lowest BCUT2D eigenvalue weighted by Gasteiger charge is -2.02. The zero-order valence-corrected chi connectivity index (χ0v) is 10.4. The van der Waals surface area contributed by atoms with E-state index in [1.54, 1.807) is 6.92 Å². The monoisotopic (exact) mass is 248 g/mol. The average molecular weight is 248 g/mol. The SMILES string of the molecule is Cc1nc(C(=O)NCCCc2cn[nH]c2C)n[nH]1. The van der Waals surface area contributed by atoms with Crippen LogP contribution in [0.1, 0.15) is 34.1 Å². The summed E-state index contributed by atoms with van der Waals surface area (Å²) >= 11 is 0. The summed E-state index contributed by atoms with van der Waals surface area (Å²) in [5.41, 5.74) is 2.25. The van der Waals surface area contributed by atoms with Gasteiger partial charge in [0, 0.05) is 12.2 Å². The number of aromatic nitrogens is 5. The lowest BCUT2D eigenvalue weighted by molar-refractivity contribution is 0.0943.